The Kier molecular flexibility index (Phi) is 6.11. The molecule has 1 aliphatic rings. The summed E-state index contributed by atoms with van der Waals surface area (Å²) in [7, 11) is 0. The van der Waals surface area contributed by atoms with Crippen LogP contribution in [0.4, 0.5) is 21.5 Å². The number of piperazine rings is 1. The Morgan fingerprint density at radius 2 is 1.89 bits per heavy atom. The Labute approximate surface area is 166 Å². The van der Waals surface area contributed by atoms with Crippen LogP contribution in [0.25, 0.3) is 0 Å². The first-order valence-electron chi connectivity index (χ1n) is 8.85. The summed E-state index contributed by atoms with van der Waals surface area (Å²) in [6.07, 6.45) is 0. The van der Waals surface area contributed by atoms with Crippen molar-refractivity contribution in [3.63, 3.8) is 0 Å². The van der Waals surface area contributed by atoms with E-state index in [9.17, 15) is 19.3 Å². The van der Waals surface area contributed by atoms with Crippen molar-refractivity contribution in [2.45, 2.75) is 13.0 Å². The fourth-order valence-electron chi connectivity index (χ4n) is 3.18. The number of nitro benzene ring substituents is 1. The third-order valence-corrected chi connectivity index (χ3v) is 5.17. The number of nitrogens with zero attached hydrogens (tertiary/aromatic N) is 3. The first kappa shape index (κ1) is 20.0. The number of non-ortho nitro benzene ring substituents is 1. The van der Waals surface area contributed by atoms with Gasteiger partial charge in [0.05, 0.1) is 27.4 Å². The van der Waals surface area contributed by atoms with Crippen molar-refractivity contribution >= 4 is 34.6 Å². The molecule has 1 heterocycles. The van der Waals surface area contributed by atoms with Crippen LogP contribution in [0.2, 0.25) is 5.02 Å². The van der Waals surface area contributed by atoms with Crippen LogP contribution in [0.5, 0.6) is 0 Å². The van der Waals surface area contributed by atoms with Gasteiger partial charge in [-0.25, -0.2) is 4.39 Å². The molecule has 0 unspecified atom stereocenters. The molecular formula is C19H20ClFN4O3. The van der Waals surface area contributed by atoms with E-state index in [0.717, 1.165) is 0 Å². The first-order valence-corrected chi connectivity index (χ1v) is 9.23. The van der Waals surface area contributed by atoms with Gasteiger partial charge in [0.1, 0.15) is 5.82 Å². The van der Waals surface area contributed by atoms with Gasteiger partial charge in [0.25, 0.3) is 5.69 Å². The third-order valence-electron chi connectivity index (χ3n) is 4.86. The summed E-state index contributed by atoms with van der Waals surface area (Å²) in [6, 6.07) is 10.1. The zero-order valence-electron chi connectivity index (χ0n) is 15.3. The predicted octanol–water partition coefficient (Wildman–Crippen LogP) is 3.54. The summed E-state index contributed by atoms with van der Waals surface area (Å²) in [5.41, 5.74) is 0.756. The Balaban J connectivity index is 1.59. The van der Waals surface area contributed by atoms with Crippen molar-refractivity contribution in [2.24, 2.45) is 0 Å². The molecule has 0 aromatic heterocycles. The van der Waals surface area contributed by atoms with E-state index in [-0.39, 0.29) is 22.4 Å². The van der Waals surface area contributed by atoms with Crippen LogP contribution in [0.3, 0.4) is 0 Å². The summed E-state index contributed by atoms with van der Waals surface area (Å²) >= 11 is 6.03. The van der Waals surface area contributed by atoms with Gasteiger partial charge in [-0.05, 0) is 25.1 Å². The van der Waals surface area contributed by atoms with E-state index in [1.54, 1.807) is 25.1 Å². The molecule has 28 heavy (non-hydrogen) atoms. The van der Waals surface area contributed by atoms with Crippen LogP contribution in [-0.2, 0) is 4.79 Å². The molecule has 148 valence electrons. The van der Waals surface area contributed by atoms with Gasteiger partial charge < -0.3 is 10.2 Å². The second-order valence-electron chi connectivity index (χ2n) is 6.56. The highest BCUT2D eigenvalue weighted by Crippen LogP contribution is 2.27. The number of para-hydroxylation sites is 1. The quantitative estimate of drug-likeness (QED) is 0.607. The van der Waals surface area contributed by atoms with E-state index in [4.69, 9.17) is 11.6 Å². The number of nitrogens with one attached hydrogen (secondary N) is 1. The van der Waals surface area contributed by atoms with Crippen LogP contribution in [0, 0.1) is 15.9 Å². The highest BCUT2D eigenvalue weighted by atomic mass is 35.5. The van der Waals surface area contributed by atoms with Crippen LogP contribution in [0.1, 0.15) is 6.92 Å². The van der Waals surface area contributed by atoms with Crippen molar-refractivity contribution in [1.29, 1.82) is 0 Å². The Morgan fingerprint density at radius 1 is 1.21 bits per heavy atom. The number of carbonyl (C=O) groups excluding carboxylic acids is 1. The smallest absolute Gasteiger partial charge is 0.271 e. The maximum atomic E-state index is 13.9. The van der Waals surface area contributed by atoms with Gasteiger partial charge in [0.2, 0.25) is 5.91 Å². The van der Waals surface area contributed by atoms with Crippen LogP contribution < -0.4 is 10.2 Å². The molecule has 1 fully saturated rings. The number of hydrogen-bond donors (Lipinski definition) is 1. The molecule has 0 aliphatic carbocycles. The Morgan fingerprint density at radius 3 is 2.50 bits per heavy atom. The minimum atomic E-state index is -0.546. The van der Waals surface area contributed by atoms with E-state index >= 15 is 0 Å². The number of carbonyl (C=O) groups is 1. The Hall–Kier alpha value is -2.71. The SMILES string of the molecule is C[C@@H](C(=O)Nc1ccc([N+](=O)[O-])cc1Cl)N1CCN(c2ccccc2F)CC1. The molecule has 1 saturated heterocycles. The van der Waals surface area contributed by atoms with Crippen molar-refractivity contribution in [3.8, 4) is 0 Å². The number of anilines is 2. The van der Waals surface area contributed by atoms with Gasteiger partial charge in [-0.1, -0.05) is 23.7 Å². The lowest BCUT2D eigenvalue weighted by atomic mass is 10.2. The maximum Gasteiger partial charge on any atom is 0.271 e. The number of nitro groups is 1. The van der Waals surface area contributed by atoms with Gasteiger partial charge in [0, 0.05) is 38.3 Å². The van der Waals surface area contributed by atoms with Crippen LogP contribution >= 0.6 is 11.6 Å². The normalized spacial score (nSPS) is 15.9. The molecular weight excluding hydrogens is 387 g/mol. The van der Waals surface area contributed by atoms with Crippen molar-refractivity contribution in [1.82, 2.24) is 4.90 Å². The summed E-state index contributed by atoms with van der Waals surface area (Å²) in [6.45, 7) is 4.22. The average Bonchev–Trinajstić information content (AvgIpc) is 2.69. The van der Waals surface area contributed by atoms with Gasteiger partial charge in [-0.15, -0.1) is 0 Å². The average molecular weight is 407 g/mol. The monoisotopic (exact) mass is 406 g/mol. The molecule has 0 spiro atoms. The third kappa shape index (κ3) is 4.40. The van der Waals surface area contributed by atoms with Crippen LogP contribution in [-0.4, -0.2) is 48.0 Å². The molecule has 9 heteroatoms. The molecule has 1 amide bonds. The summed E-state index contributed by atoms with van der Waals surface area (Å²) in [5, 5.41) is 13.6. The van der Waals surface area contributed by atoms with Gasteiger partial charge in [-0.3, -0.25) is 19.8 Å². The first-order chi connectivity index (χ1) is 13.4. The number of amides is 1. The molecule has 3 rings (SSSR count). The van der Waals surface area contributed by atoms with E-state index in [0.29, 0.717) is 37.6 Å². The molecule has 7 nitrogen and oxygen atoms in total. The summed E-state index contributed by atoms with van der Waals surface area (Å²) in [5.74, 6) is -0.510. The second kappa shape index (κ2) is 8.53. The predicted molar refractivity (Wildman–Crippen MR) is 106 cm³/mol. The summed E-state index contributed by atoms with van der Waals surface area (Å²) in [4.78, 5) is 26.8. The minimum absolute atomic E-state index is 0.110. The van der Waals surface area contributed by atoms with Crippen LogP contribution in [0.15, 0.2) is 42.5 Å². The van der Waals surface area contributed by atoms with E-state index in [1.165, 1.54) is 24.3 Å². The molecule has 1 N–H and O–H groups in total. The number of hydrogen-bond acceptors (Lipinski definition) is 5. The highest BCUT2D eigenvalue weighted by Gasteiger charge is 2.27. The summed E-state index contributed by atoms with van der Waals surface area (Å²) < 4.78 is 13.9. The largest absolute Gasteiger partial charge is 0.367 e. The molecule has 1 aliphatic heterocycles. The zero-order valence-corrected chi connectivity index (χ0v) is 16.0. The fourth-order valence-corrected chi connectivity index (χ4v) is 3.40. The van der Waals surface area contributed by atoms with Crippen molar-refractivity contribution in [2.75, 3.05) is 36.4 Å². The van der Waals surface area contributed by atoms with E-state index < -0.39 is 11.0 Å². The number of halogens is 2. The number of rotatable bonds is 5. The molecule has 2 aromatic carbocycles. The minimum Gasteiger partial charge on any atom is -0.367 e. The van der Waals surface area contributed by atoms with E-state index in [1.807, 2.05) is 9.80 Å². The molecule has 2 aromatic rings. The zero-order chi connectivity index (χ0) is 20.3. The standard InChI is InChI=1S/C19H20ClFN4O3/c1-13(19(26)22-17-7-6-14(25(27)28)12-15(17)20)23-8-10-24(11-9-23)18-5-3-2-4-16(18)21/h2-7,12-13H,8-11H2,1H3,(H,22,26)/t13-/m0/s1. The van der Waals surface area contributed by atoms with Gasteiger partial charge in [-0.2, -0.15) is 0 Å². The van der Waals surface area contributed by atoms with Crippen molar-refractivity contribution in [3.05, 3.63) is 63.4 Å². The van der Waals surface area contributed by atoms with Gasteiger partial charge >= 0.3 is 0 Å². The highest BCUT2D eigenvalue weighted by molar-refractivity contribution is 6.34. The van der Waals surface area contributed by atoms with E-state index in [2.05, 4.69) is 5.32 Å². The molecule has 0 radical (unpaired) electrons. The second-order valence-corrected chi connectivity index (χ2v) is 6.97. The lowest BCUT2D eigenvalue weighted by Gasteiger charge is -2.38. The Bertz CT molecular complexity index is 887. The van der Waals surface area contributed by atoms with Gasteiger partial charge in [0.15, 0.2) is 0 Å². The maximum absolute atomic E-state index is 13.9. The fraction of sp³-hybridized carbons (Fsp3) is 0.316. The lowest BCUT2D eigenvalue weighted by Crippen LogP contribution is -2.53. The molecule has 0 saturated carbocycles. The number of benzene rings is 2. The topological polar surface area (TPSA) is 78.7 Å². The van der Waals surface area contributed by atoms with Crippen molar-refractivity contribution < 1.29 is 14.1 Å². The molecule has 1 atom stereocenters. The molecule has 0 bridgehead atoms. The lowest BCUT2D eigenvalue weighted by molar-refractivity contribution is -0.384.